The molecule has 9 heteroatoms. The normalized spacial score (nSPS) is 13.2. The molecule has 38 heavy (non-hydrogen) atoms. The van der Waals surface area contributed by atoms with Gasteiger partial charge in [-0.25, -0.2) is 9.37 Å². The van der Waals surface area contributed by atoms with Gasteiger partial charge in [-0.15, -0.1) is 0 Å². The summed E-state index contributed by atoms with van der Waals surface area (Å²) in [5, 5.41) is 22.1. The number of anilines is 1. The quantitative estimate of drug-likeness (QED) is 0.193. The highest BCUT2D eigenvalue weighted by Crippen LogP contribution is 2.33. The van der Waals surface area contributed by atoms with Crippen molar-refractivity contribution in [3.63, 3.8) is 0 Å². The lowest BCUT2D eigenvalue weighted by molar-refractivity contribution is 0.141. The van der Waals surface area contributed by atoms with E-state index in [1.54, 1.807) is 36.9 Å². The Labute approximate surface area is 218 Å². The Kier molecular flexibility index (Phi) is 6.05. The molecule has 0 fully saturated rings. The van der Waals surface area contributed by atoms with Gasteiger partial charge in [-0.3, -0.25) is 15.1 Å². The number of aromatic amines is 2. The van der Waals surface area contributed by atoms with Crippen molar-refractivity contribution in [2.45, 2.75) is 26.5 Å². The predicted octanol–water partition coefficient (Wildman–Crippen LogP) is 6.15. The minimum Gasteiger partial charge on any atom is -0.374 e. The molecular weight excluding hydrogens is 481 g/mol. The minimum absolute atomic E-state index is 0.117. The monoisotopic (exact) mass is 507 g/mol. The molecule has 0 aliphatic heterocycles. The summed E-state index contributed by atoms with van der Waals surface area (Å²) in [6.45, 7) is 4.05. The molecule has 4 N–H and O–H groups in total. The summed E-state index contributed by atoms with van der Waals surface area (Å²) in [6, 6.07) is 14.3. The Morgan fingerprint density at radius 2 is 1.71 bits per heavy atom. The first-order valence-corrected chi connectivity index (χ1v) is 12.5. The predicted molar refractivity (Wildman–Crippen MR) is 147 cm³/mol. The first-order valence-electron chi connectivity index (χ1n) is 12.5. The fourth-order valence-corrected chi connectivity index (χ4v) is 4.47. The van der Waals surface area contributed by atoms with Crippen LogP contribution in [0.4, 0.5) is 10.1 Å². The number of H-pyrrole nitrogens is 2. The van der Waals surface area contributed by atoms with E-state index in [0.29, 0.717) is 11.5 Å². The van der Waals surface area contributed by atoms with Gasteiger partial charge in [0.25, 0.3) is 0 Å². The van der Waals surface area contributed by atoms with Crippen LogP contribution in [-0.2, 0) is 0 Å². The summed E-state index contributed by atoms with van der Waals surface area (Å²) in [7, 11) is 0. The van der Waals surface area contributed by atoms with Crippen molar-refractivity contribution in [1.29, 1.82) is 0 Å². The summed E-state index contributed by atoms with van der Waals surface area (Å²) in [4.78, 5) is 16.9. The van der Waals surface area contributed by atoms with E-state index < -0.39 is 6.23 Å². The van der Waals surface area contributed by atoms with E-state index in [1.807, 2.05) is 38.1 Å². The molecule has 0 bridgehead atoms. The van der Waals surface area contributed by atoms with Gasteiger partial charge in [-0.2, -0.15) is 5.10 Å². The van der Waals surface area contributed by atoms with Gasteiger partial charge in [0.15, 0.2) is 5.82 Å². The van der Waals surface area contributed by atoms with Gasteiger partial charge in [0.2, 0.25) is 0 Å². The second-order valence-electron chi connectivity index (χ2n) is 9.45. The van der Waals surface area contributed by atoms with Crippen LogP contribution < -0.4 is 5.32 Å². The number of benzene rings is 2. The maximum atomic E-state index is 13.5. The molecule has 0 radical (unpaired) electrons. The minimum atomic E-state index is -0.651. The van der Waals surface area contributed by atoms with E-state index in [1.165, 1.54) is 12.1 Å². The van der Waals surface area contributed by atoms with Gasteiger partial charge in [0, 0.05) is 34.8 Å². The summed E-state index contributed by atoms with van der Waals surface area (Å²) < 4.78 is 13.5. The molecule has 190 valence electrons. The van der Waals surface area contributed by atoms with Crippen molar-refractivity contribution in [3.8, 4) is 33.8 Å². The standard InChI is InChI=1S/C29H26FN7O/c1-3-16(2)29(38)33-21-10-19(12-31-13-21)18-6-9-24-22(11-18)27(37-36-24)28-34-25-15-32-14-23(26(25)35-28)17-4-7-20(30)8-5-17/h4-16,29,33,38H,3H2,1-2H3,(H,34,35)(H,36,37). The number of nitrogens with one attached hydrogen (secondary N) is 3. The molecule has 2 aromatic carbocycles. The lowest BCUT2D eigenvalue weighted by Crippen LogP contribution is -2.26. The summed E-state index contributed by atoms with van der Waals surface area (Å²) in [5.74, 6) is 0.426. The van der Waals surface area contributed by atoms with Crippen LogP contribution in [0.1, 0.15) is 20.3 Å². The zero-order chi connectivity index (χ0) is 26.2. The Hall–Kier alpha value is -4.63. The third-order valence-corrected chi connectivity index (χ3v) is 6.91. The number of rotatable bonds is 7. The van der Waals surface area contributed by atoms with E-state index in [-0.39, 0.29) is 11.7 Å². The average molecular weight is 508 g/mol. The van der Waals surface area contributed by atoms with Crippen LogP contribution in [0.15, 0.2) is 73.3 Å². The molecule has 2 unspecified atom stereocenters. The fourth-order valence-electron chi connectivity index (χ4n) is 4.47. The van der Waals surface area contributed by atoms with Crippen molar-refractivity contribution in [1.82, 2.24) is 30.1 Å². The lowest BCUT2D eigenvalue weighted by atomic mass is 10.0. The molecule has 6 rings (SSSR count). The zero-order valence-electron chi connectivity index (χ0n) is 20.9. The van der Waals surface area contributed by atoms with Crippen LogP contribution in [0.5, 0.6) is 0 Å². The van der Waals surface area contributed by atoms with Gasteiger partial charge in [-0.1, -0.05) is 32.0 Å². The topological polar surface area (TPSA) is 115 Å². The van der Waals surface area contributed by atoms with E-state index in [2.05, 4.69) is 30.5 Å². The first-order chi connectivity index (χ1) is 18.5. The maximum absolute atomic E-state index is 13.5. The Balaban J connectivity index is 1.38. The summed E-state index contributed by atoms with van der Waals surface area (Å²) >= 11 is 0. The van der Waals surface area contributed by atoms with Gasteiger partial charge >= 0.3 is 0 Å². The largest absolute Gasteiger partial charge is 0.374 e. The third-order valence-electron chi connectivity index (χ3n) is 6.91. The number of aliphatic hydroxyl groups is 1. The number of pyridine rings is 2. The summed E-state index contributed by atoms with van der Waals surface area (Å²) in [6.07, 6.45) is 7.17. The Morgan fingerprint density at radius 1 is 0.921 bits per heavy atom. The van der Waals surface area contributed by atoms with Crippen LogP contribution >= 0.6 is 0 Å². The van der Waals surface area contributed by atoms with E-state index in [9.17, 15) is 9.50 Å². The number of halogens is 1. The Bertz CT molecular complexity index is 1740. The molecule has 0 saturated heterocycles. The number of aromatic nitrogens is 6. The number of fused-ring (bicyclic) bond motifs is 2. The number of nitrogens with zero attached hydrogens (tertiary/aromatic N) is 4. The van der Waals surface area contributed by atoms with Crippen LogP contribution in [-0.4, -0.2) is 41.5 Å². The fraction of sp³-hybridized carbons (Fsp3) is 0.172. The molecule has 6 aromatic rings. The van der Waals surface area contributed by atoms with E-state index >= 15 is 0 Å². The summed E-state index contributed by atoms with van der Waals surface area (Å²) in [5.41, 5.74) is 7.30. The second-order valence-corrected chi connectivity index (χ2v) is 9.45. The van der Waals surface area contributed by atoms with Crippen LogP contribution in [0.3, 0.4) is 0 Å². The molecule has 0 aliphatic rings. The van der Waals surface area contributed by atoms with E-state index in [0.717, 1.165) is 56.3 Å². The average Bonchev–Trinajstić information content (AvgIpc) is 3.57. The lowest BCUT2D eigenvalue weighted by Gasteiger charge is -2.19. The van der Waals surface area contributed by atoms with Crippen LogP contribution in [0.2, 0.25) is 0 Å². The zero-order valence-corrected chi connectivity index (χ0v) is 20.9. The van der Waals surface area contributed by atoms with Crippen molar-refractivity contribution in [3.05, 3.63) is 79.1 Å². The molecule has 8 nitrogen and oxygen atoms in total. The van der Waals surface area contributed by atoms with Crippen LogP contribution in [0.25, 0.3) is 55.7 Å². The number of imidazole rings is 1. The number of hydrogen-bond donors (Lipinski definition) is 4. The highest BCUT2D eigenvalue weighted by molar-refractivity contribution is 5.98. The van der Waals surface area contributed by atoms with Gasteiger partial charge in [-0.05, 0) is 47.9 Å². The maximum Gasteiger partial charge on any atom is 0.159 e. The molecule has 4 heterocycles. The molecule has 4 aromatic heterocycles. The highest BCUT2D eigenvalue weighted by Gasteiger charge is 2.17. The van der Waals surface area contributed by atoms with Gasteiger partial charge < -0.3 is 15.4 Å². The van der Waals surface area contributed by atoms with Crippen LogP contribution in [0, 0.1) is 11.7 Å². The number of aliphatic hydroxyl groups excluding tert-OH is 1. The molecule has 0 amide bonds. The molecule has 0 saturated carbocycles. The molecular formula is C29H26FN7O. The van der Waals surface area contributed by atoms with Crippen molar-refractivity contribution in [2.75, 3.05) is 5.32 Å². The van der Waals surface area contributed by atoms with Crippen molar-refractivity contribution in [2.24, 2.45) is 5.92 Å². The Morgan fingerprint density at radius 3 is 2.53 bits per heavy atom. The highest BCUT2D eigenvalue weighted by atomic mass is 19.1. The third kappa shape index (κ3) is 4.37. The van der Waals surface area contributed by atoms with E-state index in [4.69, 9.17) is 4.98 Å². The van der Waals surface area contributed by atoms with Crippen molar-refractivity contribution >= 4 is 27.6 Å². The smallest absolute Gasteiger partial charge is 0.159 e. The first kappa shape index (κ1) is 23.7. The number of hydrogen-bond acceptors (Lipinski definition) is 6. The molecule has 2 atom stereocenters. The van der Waals surface area contributed by atoms with Gasteiger partial charge in [0.1, 0.15) is 17.7 Å². The molecule has 0 spiro atoms. The SMILES string of the molecule is CCC(C)C(O)Nc1cncc(-c2ccc3[nH]nc(-c4nc5c(-c6ccc(F)cc6)cncc5[nH]4)c3c2)c1. The van der Waals surface area contributed by atoms with Gasteiger partial charge in [0.05, 0.1) is 34.6 Å². The molecule has 0 aliphatic carbocycles. The van der Waals surface area contributed by atoms with Crippen molar-refractivity contribution < 1.29 is 9.50 Å². The second kappa shape index (κ2) is 9.68.